The number of anilines is 2. The fourth-order valence-electron chi connectivity index (χ4n) is 2.23. The lowest BCUT2D eigenvalue weighted by molar-refractivity contribution is -0.385. The van der Waals surface area contributed by atoms with Crippen LogP contribution in [0.4, 0.5) is 23.0 Å². The number of hydrogen-bond donors (Lipinski definition) is 3. The predicted octanol–water partition coefficient (Wildman–Crippen LogP) is 4.04. The second kappa shape index (κ2) is 7.55. The molecule has 0 fully saturated rings. The molecule has 3 rings (SSSR count). The molecule has 0 unspecified atom stereocenters. The van der Waals surface area contributed by atoms with E-state index in [2.05, 4.69) is 20.5 Å². The quantitative estimate of drug-likeness (QED) is 0.345. The Kier molecular flexibility index (Phi) is 5.01. The number of phenolic OH excluding ortho intramolecular Hbond substituents is 1. The highest BCUT2D eigenvalue weighted by Crippen LogP contribution is 2.28. The van der Waals surface area contributed by atoms with E-state index in [1.54, 1.807) is 24.3 Å². The molecule has 0 amide bonds. The third kappa shape index (κ3) is 4.02. The summed E-state index contributed by atoms with van der Waals surface area (Å²) in [6.07, 6.45) is 1.32. The topological polar surface area (TPSA) is 140 Å². The minimum Gasteiger partial charge on any atom is -0.502 e. The van der Waals surface area contributed by atoms with Crippen LogP contribution in [0.3, 0.4) is 0 Å². The molecule has 0 aliphatic heterocycles. The molecular weight excluding hydrogens is 372 g/mol. The zero-order chi connectivity index (χ0) is 19.4. The lowest BCUT2D eigenvalue weighted by Crippen LogP contribution is -1.92. The molecule has 0 spiro atoms. The molecular formula is C17H11ClN6O3. The molecule has 2 aromatic carbocycles. The van der Waals surface area contributed by atoms with Crippen molar-refractivity contribution < 1.29 is 10.0 Å². The molecule has 0 aliphatic carbocycles. The summed E-state index contributed by atoms with van der Waals surface area (Å²) >= 11 is 5.93. The van der Waals surface area contributed by atoms with Gasteiger partial charge >= 0.3 is 5.69 Å². The Morgan fingerprint density at radius 1 is 1.37 bits per heavy atom. The average molecular weight is 383 g/mol. The first kappa shape index (κ1) is 17.9. The standard InChI is InChI=1S/C17H11ClN6O3/c18-11-2-1-3-12(7-11)21-17-13(8-19)16(22-23-17)20-9-10-4-5-15(25)14(6-10)24(26)27/h1-7,9,25H,(H2,21,22,23)/b20-9+. The fraction of sp³-hybridized carbons (Fsp3) is 0. The highest BCUT2D eigenvalue weighted by molar-refractivity contribution is 6.30. The minimum absolute atomic E-state index is 0.166. The van der Waals surface area contributed by atoms with E-state index in [9.17, 15) is 20.5 Å². The highest BCUT2D eigenvalue weighted by atomic mass is 35.5. The van der Waals surface area contributed by atoms with Gasteiger partial charge in [-0.25, -0.2) is 4.99 Å². The number of halogens is 1. The number of nitriles is 1. The van der Waals surface area contributed by atoms with Crippen LogP contribution in [-0.2, 0) is 0 Å². The van der Waals surface area contributed by atoms with Crippen molar-refractivity contribution in [2.45, 2.75) is 0 Å². The Labute approximate surface area is 157 Å². The van der Waals surface area contributed by atoms with Gasteiger partial charge in [-0.3, -0.25) is 15.2 Å². The van der Waals surface area contributed by atoms with Crippen LogP contribution in [0.15, 0.2) is 47.5 Å². The third-order valence-electron chi connectivity index (χ3n) is 3.49. The molecule has 0 radical (unpaired) electrons. The summed E-state index contributed by atoms with van der Waals surface area (Å²) < 4.78 is 0. The maximum atomic E-state index is 10.9. The molecule has 27 heavy (non-hydrogen) atoms. The van der Waals surface area contributed by atoms with Crippen molar-refractivity contribution in [1.82, 2.24) is 10.2 Å². The van der Waals surface area contributed by atoms with E-state index in [4.69, 9.17) is 11.6 Å². The highest BCUT2D eigenvalue weighted by Gasteiger charge is 2.14. The van der Waals surface area contributed by atoms with Crippen LogP contribution in [0.1, 0.15) is 11.1 Å². The van der Waals surface area contributed by atoms with Gasteiger partial charge in [-0.15, -0.1) is 0 Å². The van der Waals surface area contributed by atoms with E-state index in [-0.39, 0.29) is 17.2 Å². The van der Waals surface area contributed by atoms with Gasteiger partial charge in [-0.2, -0.15) is 10.4 Å². The second-order valence-electron chi connectivity index (χ2n) is 5.31. The Hall–Kier alpha value is -3.90. The molecule has 9 nitrogen and oxygen atoms in total. The lowest BCUT2D eigenvalue weighted by atomic mass is 10.2. The first-order chi connectivity index (χ1) is 13.0. The second-order valence-corrected chi connectivity index (χ2v) is 5.74. The third-order valence-corrected chi connectivity index (χ3v) is 3.72. The fourth-order valence-corrected chi connectivity index (χ4v) is 2.42. The number of nitrogens with zero attached hydrogens (tertiary/aromatic N) is 4. The van der Waals surface area contributed by atoms with E-state index >= 15 is 0 Å². The Balaban J connectivity index is 1.87. The van der Waals surface area contributed by atoms with Crippen LogP contribution in [-0.4, -0.2) is 26.4 Å². The number of aromatic hydroxyl groups is 1. The molecule has 1 aromatic heterocycles. The summed E-state index contributed by atoms with van der Waals surface area (Å²) in [5, 5.41) is 39.9. The molecule has 3 aromatic rings. The Morgan fingerprint density at radius 3 is 2.89 bits per heavy atom. The zero-order valence-electron chi connectivity index (χ0n) is 13.5. The van der Waals surface area contributed by atoms with Gasteiger partial charge in [0.2, 0.25) is 0 Å². The van der Waals surface area contributed by atoms with Crippen LogP contribution in [0.5, 0.6) is 5.75 Å². The Morgan fingerprint density at radius 2 is 2.19 bits per heavy atom. The van der Waals surface area contributed by atoms with Crippen molar-refractivity contribution in [1.29, 1.82) is 5.26 Å². The van der Waals surface area contributed by atoms with Crippen molar-refractivity contribution in [3.63, 3.8) is 0 Å². The number of hydrogen-bond acceptors (Lipinski definition) is 7. The van der Waals surface area contributed by atoms with Gasteiger partial charge in [0.25, 0.3) is 0 Å². The normalized spacial score (nSPS) is 10.7. The van der Waals surface area contributed by atoms with Crippen molar-refractivity contribution in [2.24, 2.45) is 4.99 Å². The number of rotatable bonds is 5. The van der Waals surface area contributed by atoms with Gasteiger partial charge in [0.1, 0.15) is 11.6 Å². The SMILES string of the molecule is N#Cc1c(Nc2cccc(Cl)c2)n[nH]c1/N=C/c1ccc(O)c([N+](=O)[O-])c1. The maximum Gasteiger partial charge on any atom is 0.311 e. The first-order valence-corrected chi connectivity index (χ1v) is 7.88. The van der Waals surface area contributed by atoms with Crippen molar-refractivity contribution >= 4 is 40.8 Å². The lowest BCUT2D eigenvalue weighted by Gasteiger charge is -2.03. The molecule has 3 N–H and O–H groups in total. The van der Waals surface area contributed by atoms with Crippen molar-refractivity contribution in [3.05, 3.63) is 68.7 Å². The van der Waals surface area contributed by atoms with Crippen LogP contribution in [0.25, 0.3) is 0 Å². The summed E-state index contributed by atoms with van der Waals surface area (Å²) in [5.41, 5.74) is 0.754. The van der Waals surface area contributed by atoms with Crippen LogP contribution < -0.4 is 5.32 Å². The van der Waals surface area contributed by atoms with Crippen molar-refractivity contribution in [2.75, 3.05) is 5.32 Å². The van der Waals surface area contributed by atoms with Crippen LogP contribution >= 0.6 is 11.6 Å². The molecule has 0 saturated carbocycles. The molecule has 10 heteroatoms. The molecule has 134 valence electrons. The van der Waals surface area contributed by atoms with E-state index in [1.165, 1.54) is 24.4 Å². The monoisotopic (exact) mass is 382 g/mol. The van der Waals surface area contributed by atoms with Crippen molar-refractivity contribution in [3.8, 4) is 11.8 Å². The maximum absolute atomic E-state index is 10.9. The molecule has 0 bridgehead atoms. The summed E-state index contributed by atoms with van der Waals surface area (Å²) in [5.74, 6) is 0.00534. The number of benzene rings is 2. The summed E-state index contributed by atoms with van der Waals surface area (Å²) in [7, 11) is 0. The molecule has 0 aliphatic rings. The van der Waals surface area contributed by atoms with Crippen LogP contribution in [0, 0.1) is 21.4 Å². The number of nitrogens with one attached hydrogen (secondary N) is 2. The molecule has 1 heterocycles. The van der Waals surface area contributed by atoms with E-state index in [0.29, 0.717) is 16.3 Å². The Bertz CT molecular complexity index is 1090. The van der Waals surface area contributed by atoms with Gasteiger partial charge in [0.15, 0.2) is 17.4 Å². The molecule has 0 atom stereocenters. The largest absolute Gasteiger partial charge is 0.502 e. The summed E-state index contributed by atoms with van der Waals surface area (Å²) in [6.45, 7) is 0. The van der Waals surface area contributed by atoms with Gasteiger partial charge < -0.3 is 10.4 Å². The number of nitro groups is 1. The van der Waals surface area contributed by atoms with Crippen LogP contribution in [0.2, 0.25) is 5.02 Å². The number of aromatic amines is 1. The predicted molar refractivity (Wildman–Crippen MR) is 100 cm³/mol. The summed E-state index contributed by atoms with van der Waals surface area (Å²) in [4.78, 5) is 14.3. The van der Waals surface area contributed by atoms with Gasteiger partial charge in [-0.05, 0) is 35.9 Å². The summed E-state index contributed by atoms with van der Waals surface area (Å²) in [6, 6.07) is 12.7. The minimum atomic E-state index is -0.698. The van der Waals surface area contributed by atoms with Gasteiger partial charge in [0, 0.05) is 23.0 Å². The van der Waals surface area contributed by atoms with Gasteiger partial charge in [-0.1, -0.05) is 17.7 Å². The number of aliphatic imine (C=N–C) groups is 1. The smallest absolute Gasteiger partial charge is 0.311 e. The van der Waals surface area contributed by atoms with Gasteiger partial charge in [0.05, 0.1) is 4.92 Å². The number of aromatic nitrogens is 2. The average Bonchev–Trinajstić information content (AvgIpc) is 3.02. The molecule has 0 saturated heterocycles. The number of phenols is 1. The zero-order valence-corrected chi connectivity index (χ0v) is 14.3. The number of nitro benzene ring substituents is 1. The van der Waals surface area contributed by atoms with E-state index in [1.807, 2.05) is 6.07 Å². The first-order valence-electron chi connectivity index (χ1n) is 7.50. The number of H-pyrrole nitrogens is 1. The van der Waals surface area contributed by atoms with E-state index < -0.39 is 16.4 Å². The van der Waals surface area contributed by atoms with E-state index in [0.717, 1.165) is 0 Å².